The molecular weight excluding hydrogens is 292 g/mol. The van der Waals surface area contributed by atoms with Crippen molar-refractivity contribution >= 4 is 15.9 Å². The van der Waals surface area contributed by atoms with Gasteiger partial charge in [0, 0.05) is 10.9 Å². The van der Waals surface area contributed by atoms with E-state index >= 15 is 0 Å². The van der Waals surface area contributed by atoms with Crippen molar-refractivity contribution in [3.05, 3.63) is 23.8 Å². The van der Waals surface area contributed by atoms with Gasteiger partial charge in [-0.25, -0.2) is 0 Å². The van der Waals surface area contributed by atoms with Gasteiger partial charge < -0.3 is 9.47 Å². The van der Waals surface area contributed by atoms with Gasteiger partial charge in [0.2, 0.25) is 0 Å². The molecule has 100 valence electrons. The van der Waals surface area contributed by atoms with Gasteiger partial charge in [-0.1, -0.05) is 34.8 Å². The number of alkyl halides is 1. The molecule has 0 heterocycles. The zero-order valence-electron chi connectivity index (χ0n) is 11.1. The first kappa shape index (κ1) is 13.7. The lowest BCUT2D eigenvalue weighted by atomic mass is 9.91. The van der Waals surface area contributed by atoms with E-state index in [1.807, 2.05) is 12.1 Å². The molecule has 0 N–H and O–H groups in total. The summed E-state index contributed by atoms with van der Waals surface area (Å²) in [5, 5.41) is 0. The van der Waals surface area contributed by atoms with Gasteiger partial charge in [0.25, 0.3) is 0 Å². The van der Waals surface area contributed by atoms with Gasteiger partial charge in [-0.2, -0.15) is 0 Å². The van der Waals surface area contributed by atoms with Crippen molar-refractivity contribution in [2.24, 2.45) is 0 Å². The van der Waals surface area contributed by atoms with E-state index in [1.165, 1.54) is 37.7 Å². The number of rotatable bonds is 3. The Hall–Kier alpha value is -0.700. The molecule has 2 atom stereocenters. The molecule has 0 aromatic heterocycles. The van der Waals surface area contributed by atoms with Crippen LogP contribution in [0.1, 0.15) is 43.6 Å². The summed E-state index contributed by atoms with van der Waals surface area (Å²) in [5.41, 5.74) is 1.32. The van der Waals surface area contributed by atoms with Gasteiger partial charge in [0.1, 0.15) is 11.5 Å². The summed E-state index contributed by atoms with van der Waals surface area (Å²) in [6.07, 6.45) is 6.37. The SMILES string of the molecule is COc1ccc(C2CCCCC(Br)C2)c(OC)c1. The van der Waals surface area contributed by atoms with Gasteiger partial charge in [-0.3, -0.25) is 0 Å². The molecule has 1 aliphatic carbocycles. The highest BCUT2D eigenvalue weighted by Crippen LogP contribution is 2.39. The van der Waals surface area contributed by atoms with Gasteiger partial charge in [-0.15, -0.1) is 0 Å². The average molecular weight is 313 g/mol. The van der Waals surface area contributed by atoms with Crippen LogP contribution >= 0.6 is 15.9 Å². The van der Waals surface area contributed by atoms with Crippen LogP contribution in [-0.4, -0.2) is 19.0 Å². The normalized spacial score (nSPS) is 24.4. The third-order valence-electron chi connectivity index (χ3n) is 3.74. The Balaban J connectivity index is 2.25. The number of benzene rings is 1. The van der Waals surface area contributed by atoms with Crippen molar-refractivity contribution in [3.8, 4) is 11.5 Å². The Kier molecular flexibility index (Phi) is 4.93. The molecule has 1 fully saturated rings. The van der Waals surface area contributed by atoms with Gasteiger partial charge in [-0.05, 0) is 36.8 Å². The lowest BCUT2D eigenvalue weighted by Gasteiger charge is -2.20. The van der Waals surface area contributed by atoms with E-state index in [9.17, 15) is 0 Å². The van der Waals surface area contributed by atoms with Crippen molar-refractivity contribution < 1.29 is 9.47 Å². The van der Waals surface area contributed by atoms with E-state index in [0.717, 1.165) is 11.5 Å². The first-order chi connectivity index (χ1) is 8.74. The lowest BCUT2D eigenvalue weighted by Crippen LogP contribution is -2.05. The molecule has 0 bridgehead atoms. The van der Waals surface area contributed by atoms with Crippen LogP contribution in [0.5, 0.6) is 11.5 Å². The number of ether oxygens (including phenoxy) is 2. The number of hydrogen-bond acceptors (Lipinski definition) is 2. The molecule has 1 aromatic carbocycles. The van der Waals surface area contributed by atoms with E-state index in [0.29, 0.717) is 10.7 Å². The number of hydrogen-bond donors (Lipinski definition) is 0. The maximum atomic E-state index is 5.52. The van der Waals surface area contributed by atoms with Crippen LogP contribution in [0.25, 0.3) is 0 Å². The molecule has 2 rings (SSSR count). The van der Waals surface area contributed by atoms with Crippen LogP contribution in [0.2, 0.25) is 0 Å². The van der Waals surface area contributed by atoms with Gasteiger partial charge >= 0.3 is 0 Å². The van der Waals surface area contributed by atoms with Crippen LogP contribution < -0.4 is 9.47 Å². The third-order valence-corrected chi connectivity index (χ3v) is 4.57. The summed E-state index contributed by atoms with van der Waals surface area (Å²) in [4.78, 5) is 0.636. The van der Waals surface area contributed by atoms with Crippen molar-refractivity contribution in [1.82, 2.24) is 0 Å². The van der Waals surface area contributed by atoms with E-state index in [-0.39, 0.29) is 0 Å². The van der Waals surface area contributed by atoms with Crippen molar-refractivity contribution in [2.45, 2.75) is 42.8 Å². The Bertz CT molecular complexity index is 392. The Morgan fingerprint density at radius 1 is 1.11 bits per heavy atom. The van der Waals surface area contributed by atoms with E-state index in [2.05, 4.69) is 22.0 Å². The number of halogens is 1. The second-order valence-electron chi connectivity index (χ2n) is 4.92. The smallest absolute Gasteiger partial charge is 0.126 e. The van der Waals surface area contributed by atoms with Gasteiger partial charge in [0.15, 0.2) is 0 Å². The lowest BCUT2D eigenvalue weighted by molar-refractivity contribution is 0.386. The van der Waals surface area contributed by atoms with Crippen LogP contribution in [0, 0.1) is 0 Å². The summed E-state index contributed by atoms with van der Waals surface area (Å²) in [5.74, 6) is 2.42. The number of methoxy groups -OCH3 is 2. The summed E-state index contributed by atoms with van der Waals surface area (Å²) in [6.45, 7) is 0. The topological polar surface area (TPSA) is 18.5 Å². The highest BCUT2D eigenvalue weighted by Gasteiger charge is 2.22. The summed E-state index contributed by atoms with van der Waals surface area (Å²) in [6, 6.07) is 6.18. The van der Waals surface area contributed by atoms with E-state index in [4.69, 9.17) is 9.47 Å². The van der Waals surface area contributed by atoms with Crippen molar-refractivity contribution in [3.63, 3.8) is 0 Å². The van der Waals surface area contributed by atoms with Crippen molar-refractivity contribution in [2.75, 3.05) is 14.2 Å². The summed E-state index contributed by atoms with van der Waals surface area (Å²) in [7, 11) is 3.43. The predicted octanol–water partition coefficient (Wildman–Crippen LogP) is 4.52. The monoisotopic (exact) mass is 312 g/mol. The highest BCUT2D eigenvalue weighted by atomic mass is 79.9. The summed E-state index contributed by atoms with van der Waals surface area (Å²) >= 11 is 3.79. The molecule has 18 heavy (non-hydrogen) atoms. The van der Waals surface area contributed by atoms with Crippen LogP contribution in [0.3, 0.4) is 0 Å². The van der Waals surface area contributed by atoms with Crippen molar-refractivity contribution in [1.29, 1.82) is 0 Å². The predicted molar refractivity (Wildman–Crippen MR) is 78.1 cm³/mol. The Morgan fingerprint density at radius 3 is 2.61 bits per heavy atom. The van der Waals surface area contributed by atoms with Crippen LogP contribution in [0.15, 0.2) is 18.2 Å². The van der Waals surface area contributed by atoms with E-state index in [1.54, 1.807) is 14.2 Å². The maximum absolute atomic E-state index is 5.52. The summed E-state index contributed by atoms with van der Waals surface area (Å²) < 4.78 is 10.8. The molecule has 0 aliphatic heterocycles. The molecule has 0 saturated heterocycles. The molecule has 1 saturated carbocycles. The fourth-order valence-corrected chi connectivity index (χ4v) is 3.51. The minimum atomic E-state index is 0.595. The standard InChI is InChI=1S/C15H21BrO2/c1-17-13-7-8-14(15(10-13)18-2)11-5-3-4-6-12(16)9-11/h7-8,10-12H,3-6,9H2,1-2H3. The minimum absolute atomic E-state index is 0.595. The second-order valence-corrected chi connectivity index (χ2v) is 6.22. The molecule has 0 radical (unpaired) electrons. The van der Waals surface area contributed by atoms with Crippen LogP contribution in [-0.2, 0) is 0 Å². The second kappa shape index (κ2) is 6.46. The molecule has 2 nitrogen and oxygen atoms in total. The van der Waals surface area contributed by atoms with Gasteiger partial charge in [0.05, 0.1) is 14.2 Å². The fraction of sp³-hybridized carbons (Fsp3) is 0.600. The molecular formula is C15H21BrO2. The van der Waals surface area contributed by atoms with Crippen LogP contribution in [0.4, 0.5) is 0 Å². The third kappa shape index (κ3) is 3.19. The molecule has 1 aromatic rings. The first-order valence-electron chi connectivity index (χ1n) is 6.60. The average Bonchev–Trinajstić information content (AvgIpc) is 2.62. The molecule has 2 unspecified atom stereocenters. The van der Waals surface area contributed by atoms with E-state index < -0.39 is 0 Å². The maximum Gasteiger partial charge on any atom is 0.126 e. The Morgan fingerprint density at radius 2 is 1.89 bits per heavy atom. The quantitative estimate of drug-likeness (QED) is 0.603. The molecule has 1 aliphatic rings. The highest BCUT2D eigenvalue weighted by molar-refractivity contribution is 9.09. The molecule has 0 amide bonds. The Labute approximate surface area is 118 Å². The zero-order valence-corrected chi connectivity index (χ0v) is 12.7. The zero-order chi connectivity index (χ0) is 13.0. The molecule has 3 heteroatoms. The minimum Gasteiger partial charge on any atom is -0.497 e. The first-order valence-corrected chi connectivity index (χ1v) is 7.52. The molecule has 0 spiro atoms. The fourth-order valence-electron chi connectivity index (χ4n) is 2.74. The largest absolute Gasteiger partial charge is 0.497 e.